The van der Waals surface area contributed by atoms with Crippen molar-refractivity contribution in [2.75, 3.05) is 0 Å². The van der Waals surface area contributed by atoms with E-state index in [0.29, 0.717) is 11.3 Å². The molecule has 1 aromatic heterocycles. The minimum atomic E-state index is -0.622. The van der Waals surface area contributed by atoms with Gasteiger partial charge in [0.25, 0.3) is 5.91 Å². The number of hydrazone groups is 1. The zero-order valence-corrected chi connectivity index (χ0v) is 13.4. The molecule has 0 bridgehead atoms. The number of benzene rings is 2. The van der Waals surface area contributed by atoms with Crippen LogP contribution in [0.3, 0.4) is 0 Å². The van der Waals surface area contributed by atoms with Crippen LogP contribution in [0, 0.1) is 5.82 Å². The largest absolute Gasteiger partial charge is 0.457 e. The molecule has 3 aromatic rings. The molecule has 0 atom stereocenters. The van der Waals surface area contributed by atoms with Crippen LogP contribution in [-0.4, -0.2) is 18.1 Å². The van der Waals surface area contributed by atoms with Gasteiger partial charge in [-0.25, -0.2) is 14.6 Å². The zero-order valence-electron chi connectivity index (χ0n) is 13.4. The molecule has 0 unspecified atom stereocenters. The molecule has 0 saturated heterocycles. The lowest BCUT2D eigenvalue weighted by molar-refractivity contribution is 0.0701. The summed E-state index contributed by atoms with van der Waals surface area (Å²) < 4.78 is 23.2. The molecule has 1 N–H and O–H groups in total. The summed E-state index contributed by atoms with van der Waals surface area (Å²) in [5.74, 6) is -1.28. The molecular weight excluding hydrogens is 339 g/mol. The van der Waals surface area contributed by atoms with E-state index >= 15 is 0 Å². The fraction of sp³-hybridized carbons (Fsp3) is 0. The number of esters is 1. The van der Waals surface area contributed by atoms with Crippen molar-refractivity contribution < 1.29 is 23.1 Å². The highest BCUT2D eigenvalue weighted by Gasteiger charge is 2.11. The second-order valence-electron chi connectivity index (χ2n) is 5.15. The van der Waals surface area contributed by atoms with E-state index in [2.05, 4.69) is 10.5 Å². The normalized spacial score (nSPS) is 10.7. The molecule has 0 aliphatic carbocycles. The van der Waals surface area contributed by atoms with Gasteiger partial charge < -0.3 is 9.15 Å². The second kappa shape index (κ2) is 7.89. The maximum absolute atomic E-state index is 13.1. The lowest BCUT2D eigenvalue weighted by Gasteiger charge is -2.03. The summed E-state index contributed by atoms with van der Waals surface area (Å²) in [4.78, 5) is 23.7. The van der Waals surface area contributed by atoms with Gasteiger partial charge in [-0.1, -0.05) is 18.2 Å². The van der Waals surface area contributed by atoms with Crippen molar-refractivity contribution in [3.63, 3.8) is 0 Å². The Bertz CT molecular complexity index is 952. The van der Waals surface area contributed by atoms with E-state index in [1.807, 2.05) is 0 Å². The Morgan fingerprint density at radius 2 is 1.92 bits per heavy atom. The molecule has 0 aliphatic rings. The molecule has 0 aliphatic heterocycles. The van der Waals surface area contributed by atoms with Gasteiger partial charge in [-0.3, -0.25) is 4.79 Å². The van der Waals surface area contributed by atoms with Crippen LogP contribution < -0.4 is 10.2 Å². The summed E-state index contributed by atoms with van der Waals surface area (Å²) in [7, 11) is 0. The Labute approximate surface area is 147 Å². The van der Waals surface area contributed by atoms with Crippen LogP contribution in [0.2, 0.25) is 0 Å². The smallest absolute Gasteiger partial charge is 0.379 e. The molecule has 3 rings (SSSR count). The minimum absolute atomic E-state index is 0.0893. The van der Waals surface area contributed by atoms with Crippen LogP contribution in [-0.2, 0) is 0 Å². The maximum Gasteiger partial charge on any atom is 0.379 e. The first kappa shape index (κ1) is 17.1. The molecule has 0 spiro atoms. The van der Waals surface area contributed by atoms with E-state index in [4.69, 9.17) is 9.15 Å². The summed E-state index contributed by atoms with van der Waals surface area (Å²) in [6.45, 7) is 0. The molecule has 0 fully saturated rings. The molecule has 1 amide bonds. The van der Waals surface area contributed by atoms with Crippen LogP contribution in [0.15, 0.2) is 76.4 Å². The average Bonchev–Trinajstić information content (AvgIpc) is 3.17. The van der Waals surface area contributed by atoms with E-state index in [9.17, 15) is 14.0 Å². The fourth-order valence-corrected chi connectivity index (χ4v) is 2.07. The van der Waals surface area contributed by atoms with Gasteiger partial charge in [0.05, 0.1) is 12.5 Å². The van der Waals surface area contributed by atoms with E-state index in [-0.39, 0.29) is 11.3 Å². The summed E-state index contributed by atoms with van der Waals surface area (Å²) >= 11 is 0. The second-order valence-corrected chi connectivity index (χ2v) is 5.15. The topological polar surface area (TPSA) is 80.9 Å². The predicted octanol–water partition coefficient (Wildman–Crippen LogP) is 3.40. The first-order valence-corrected chi connectivity index (χ1v) is 7.56. The lowest BCUT2D eigenvalue weighted by Crippen LogP contribution is -2.17. The Balaban J connectivity index is 1.62. The third-order valence-corrected chi connectivity index (χ3v) is 3.26. The van der Waals surface area contributed by atoms with Crippen LogP contribution in [0.4, 0.5) is 4.39 Å². The van der Waals surface area contributed by atoms with Crippen molar-refractivity contribution in [1.82, 2.24) is 5.43 Å². The van der Waals surface area contributed by atoms with Gasteiger partial charge in [0, 0.05) is 5.56 Å². The fourth-order valence-electron chi connectivity index (χ4n) is 2.07. The maximum atomic E-state index is 13.1. The molecular formula is C19H13FN2O4. The van der Waals surface area contributed by atoms with Gasteiger partial charge in [-0.15, -0.1) is 0 Å². The molecule has 7 heteroatoms. The SMILES string of the molecule is O=C(N/N=C\c1cccc(OC(=O)c2ccco2)c1)c1cccc(F)c1. The first-order chi connectivity index (χ1) is 12.6. The number of rotatable bonds is 5. The minimum Gasteiger partial charge on any atom is -0.457 e. The summed E-state index contributed by atoms with van der Waals surface area (Å²) in [5, 5.41) is 3.81. The van der Waals surface area contributed by atoms with Crippen LogP contribution in [0.25, 0.3) is 0 Å². The molecule has 2 aromatic carbocycles. The lowest BCUT2D eigenvalue weighted by atomic mass is 10.2. The molecule has 130 valence electrons. The molecule has 0 radical (unpaired) electrons. The summed E-state index contributed by atoms with van der Waals surface area (Å²) in [6.07, 6.45) is 2.75. The van der Waals surface area contributed by atoms with Crippen molar-refractivity contribution in [2.24, 2.45) is 5.10 Å². The van der Waals surface area contributed by atoms with Crippen molar-refractivity contribution in [2.45, 2.75) is 0 Å². The number of ether oxygens (including phenoxy) is 1. The number of hydrogen-bond donors (Lipinski definition) is 1. The van der Waals surface area contributed by atoms with Crippen LogP contribution >= 0.6 is 0 Å². The molecule has 26 heavy (non-hydrogen) atoms. The highest BCUT2D eigenvalue weighted by atomic mass is 19.1. The molecule has 1 heterocycles. The van der Waals surface area contributed by atoms with E-state index in [0.717, 1.165) is 6.07 Å². The Hall–Kier alpha value is -3.74. The van der Waals surface area contributed by atoms with E-state index in [1.165, 1.54) is 36.7 Å². The third kappa shape index (κ3) is 4.41. The van der Waals surface area contributed by atoms with Crippen molar-refractivity contribution in [3.05, 3.63) is 89.6 Å². The zero-order chi connectivity index (χ0) is 18.4. The van der Waals surface area contributed by atoms with E-state index < -0.39 is 17.7 Å². The Kier molecular flexibility index (Phi) is 5.19. The van der Waals surface area contributed by atoms with Crippen molar-refractivity contribution in [3.8, 4) is 5.75 Å². The standard InChI is InChI=1S/C19H13FN2O4/c20-15-6-2-5-14(11-15)18(23)22-21-12-13-4-1-7-16(10-13)26-19(24)17-8-3-9-25-17/h1-12H,(H,22,23)/b21-12-. The van der Waals surface area contributed by atoms with Gasteiger partial charge >= 0.3 is 5.97 Å². The number of halogens is 1. The van der Waals surface area contributed by atoms with Gasteiger partial charge in [-0.2, -0.15) is 5.10 Å². The quantitative estimate of drug-likeness (QED) is 0.330. The number of hydrogen-bond acceptors (Lipinski definition) is 5. The molecule has 6 nitrogen and oxygen atoms in total. The van der Waals surface area contributed by atoms with Gasteiger partial charge in [0.2, 0.25) is 5.76 Å². The number of furan rings is 1. The Morgan fingerprint density at radius 3 is 2.69 bits per heavy atom. The first-order valence-electron chi connectivity index (χ1n) is 7.56. The highest BCUT2D eigenvalue weighted by molar-refractivity contribution is 5.95. The number of carbonyl (C=O) groups is 2. The monoisotopic (exact) mass is 352 g/mol. The summed E-state index contributed by atoms with van der Waals surface area (Å²) in [6, 6.07) is 14.9. The van der Waals surface area contributed by atoms with E-state index in [1.54, 1.807) is 30.3 Å². The number of amides is 1. The Morgan fingerprint density at radius 1 is 1.08 bits per heavy atom. The summed E-state index contributed by atoms with van der Waals surface area (Å²) in [5.41, 5.74) is 3.05. The van der Waals surface area contributed by atoms with Crippen molar-refractivity contribution >= 4 is 18.1 Å². The third-order valence-electron chi connectivity index (χ3n) is 3.26. The van der Waals surface area contributed by atoms with Gasteiger partial charge in [0.1, 0.15) is 11.6 Å². The van der Waals surface area contributed by atoms with Gasteiger partial charge in [0.15, 0.2) is 0 Å². The number of nitrogens with one attached hydrogen (secondary N) is 1. The number of carbonyl (C=O) groups excluding carboxylic acids is 2. The van der Waals surface area contributed by atoms with Gasteiger partial charge in [-0.05, 0) is 48.0 Å². The van der Waals surface area contributed by atoms with Crippen LogP contribution in [0.5, 0.6) is 5.75 Å². The number of nitrogens with zero attached hydrogens (tertiary/aromatic N) is 1. The molecule has 0 saturated carbocycles. The van der Waals surface area contributed by atoms with Crippen LogP contribution in [0.1, 0.15) is 26.5 Å². The predicted molar refractivity (Wildman–Crippen MR) is 91.6 cm³/mol. The highest BCUT2D eigenvalue weighted by Crippen LogP contribution is 2.14. The van der Waals surface area contributed by atoms with Crippen molar-refractivity contribution in [1.29, 1.82) is 0 Å². The average molecular weight is 352 g/mol.